The second-order valence-corrected chi connectivity index (χ2v) is 5.14. The summed E-state index contributed by atoms with van der Waals surface area (Å²) in [5.41, 5.74) is 0.265. The second-order valence-electron chi connectivity index (χ2n) is 2.73. The van der Waals surface area contributed by atoms with E-state index in [1.165, 1.54) is 0 Å². The van der Waals surface area contributed by atoms with Gasteiger partial charge in [-0.25, -0.2) is 0 Å². The summed E-state index contributed by atoms with van der Waals surface area (Å²) in [6.45, 7) is 6.39. The van der Waals surface area contributed by atoms with Crippen LogP contribution in [0.3, 0.4) is 0 Å². The van der Waals surface area contributed by atoms with E-state index in [1.807, 2.05) is 16.5 Å². The van der Waals surface area contributed by atoms with Crippen LogP contribution in [0, 0.1) is 5.41 Å². The molecule has 0 amide bonds. The first kappa shape index (κ1) is 7.83. The molecule has 1 atom stereocenters. The Balaban J connectivity index is 3.54. The first-order chi connectivity index (χ1) is 2.94. The van der Waals surface area contributed by atoms with Gasteiger partial charge in [-0.3, -0.25) is 0 Å². The molecule has 0 aliphatic rings. The Morgan fingerprint density at radius 1 is 1.43 bits per heavy atom. The van der Waals surface area contributed by atoms with Crippen molar-refractivity contribution >= 4 is 28.1 Å². The summed E-state index contributed by atoms with van der Waals surface area (Å²) in [5, 5.41) is 0. The van der Waals surface area contributed by atoms with Crippen molar-refractivity contribution in [2.75, 3.05) is 0 Å². The van der Waals surface area contributed by atoms with Gasteiger partial charge in [-0.2, -0.15) is 0 Å². The van der Waals surface area contributed by atoms with E-state index < -0.39 is 0 Å². The molecular weight excluding hydrogens is 168 g/mol. The molecular formula is C5H10ClGe. The summed E-state index contributed by atoms with van der Waals surface area (Å²) in [6.07, 6.45) is 0. The Labute approximate surface area is 58.8 Å². The van der Waals surface area contributed by atoms with Gasteiger partial charge in [0, 0.05) is 0 Å². The van der Waals surface area contributed by atoms with E-state index in [-0.39, 0.29) is 9.62 Å². The summed E-state index contributed by atoms with van der Waals surface area (Å²) in [5.74, 6) is 0. The number of hydrogen-bond acceptors (Lipinski definition) is 0. The molecule has 0 aromatic carbocycles. The predicted molar refractivity (Wildman–Crippen MR) is 34.8 cm³/mol. The van der Waals surface area contributed by atoms with E-state index >= 15 is 0 Å². The van der Waals surface area contributed by atoms with Crippen molar-refractivity contribution in [3.63, 3.8) is 0 Å². The summed E-state index contributed by atoms with van der Waals surface area (Å²) in [7, 11) is 0. The second kappa shape index (κ2) is 2.40. The maximum atomic E-state index is 5.75. The van der Waals surface area contributed by atoms with Crippen molar-refractivity contribution in [2.45, 2.75) is 25.0 Å². The Hall–Kier alpha value is 0.833. The fourth-order valence-corrected chi connectivity index (χ4v) is 0. The number of hydrogen-bond donors (Lipinski definition) is 0. The van der Waals surface area contributed by atoms with E-state index in [2.05, 4.69) is 20.8 Å². The normalized spacial score (nSPS) is 16.7. The molecule has 3 radical (unpaired) electrons. The van der Waals surface area contributed by atoms with Gasteiger partial charge in [0.2, 0.25) is 0 Å². The molecule has 1 unspecified atom stereocenters. The van der Waals surface area contributed by atoms with Gasteiger partial charge in [0.25, 0.3) is 0 Å². The topological polar surface area (TPSA) is 0 Å². The van der Waals surface area contributed by atoms with Crippen LogP contribution < -0.4 is 0 Å². The quantitative estimate of drug-likeness (QED) is 0.391. The molecule has 0 saturated heterocycles. The first-order valence-electron chi connectivity index (χ1n) is 2.30. The molecule has 0 fully saturated rings. The molecule has 41 valence electrons. The van der Waals surface area contributed by atoms with E-state index in [1.54, 1.807) is 0 Å². The maximum absolute atomic E-state index is 5.75. The average Bonchev–Trinajstić information content (AvgIpc) is 1.31. The van der Waals surface area contributed by atoms with Crippen LogP contribution in [0.1, 0.15) is 20.8 Å². The average molecular weight is 178 g/mol. The number of halogens is 1. The van der Waals surface area contributed by atoms with Gasteiger partial charge < -0.3 is 0 Å². The van der Waals surface area contributed by atoms with E-state index in [0.29, 0.717) is 0 Å². The molecule has 2 heteroatoms. The van der Waals surface area contributed by atoms with Crippen molar-refractivity contribution in [1.82, 2.24) is 0 Å². The molecule has 0 rings (SSSR count). The van der Waals surface area contributed by atoms with Crippen molar-refractivity contribution in [3.8, 4) is 0 Å². The van der Waals surface area contributed by atoms with Gasteiger partial charge in [-0.15, -0.1) is 0 Å². The van der Waals surface area contributed by atoms with Gasteiger partial charge in [0.1, 0.15) is 0 Å². The SMILES string of the molecule is CC(C)(C)[CH](Cl)[Ge]. The zero-order chi connectivity index (χ0) is 6.08. The monoisotopic (exact) mass is 179 g/mol. The third kappa shape index (κ3) is 3.42. The third-order valence-corrected chi connectivity index (χ3v) is 3.23. The van der Waals surface area contributed by atoms with Gasteiger partial charge >= 0.3 is 58.5 Å². The Kier molecular flexibility index (Phi) is 2.69. The molecule has 0 bridgehead atoms. The Morgan fingerprint density at radius 3 is 1.57 bits per heavy atom. The molecule has 0 aliphatic heterocycles. The molecule has 0 spiro atoms. The molecule has 0 nitrogen and oxygen atoms in total. The van der Waals surface area contributed by atoms with Crippen LogP contribution in [0.2, 0.25) is 0 Å². The number of alkyl halides is 1. The van der Waals surface area contributed by atoms with Crippen molar-refractivity contribution in [1.29, 1.82) is 0 Å². The summed E-state index contributed by atoms with van der Waals surface area (Å²) in [6, 6.07) is 0. The van der Waals surface area contributed by atoms with Crippen LogP contribution >= 0.6 is 11.6 Å². The molecule has 0 aliphatic carbocycles. The van der Waals surface area contributed by atoms with Crippen LogP contribution in [0.4, 0.5) is 0 Å². The zero-order valence-electron chi connectivity index (χ0n) is 4.96. The van der Waals surface area contributed by atoms with E-state index in [9.17, 15) is 0 Å². The van der Waals surface area contributed by atoms with Crippen molar-refractivity contribution < 1.29 is 0 Å². The Bertz CT molecular complexity index is 53.6. The first-order valence-corrected chi connectivity index (χ1v) is 3.94. The van der Waals surface area contributed by atoms with Crippen molar-refractivity contribution in [2.24, 2.45) is 5.41 Å². The predicted octanol–water partition coefficient (Wildman–Crippen LogP) is 1.77. The minimum atomic E-state index is 0.265. The van der Waals surface area contributed by atoms with Crippen LogP contribution in [0.25, 0.3) is 0 Å². The summed E-state index contributed by atoms with van der Waals surface area (Å²) >= 11 is 7.77. The van der Waals surface area contributed by atoms with Crippen LogP contribution in [-0.4, -0.2) is 20.7 Å². The van der Waals surface area contributed by atoms with Crippen LogP contribution in [0.5, 0.6) is 0 Å². The molecule has 0 saturated carbocycles. The van der Waals surface area contributed by atoms with Gasteiger partial charge in [0.05, 0.1) is 0 Å². The van der Waals surface area contributed by atoms with Crippen LogP contribution in [-0.2, 0) is 0 Å². The van der Waals surface area contributed by atoms with Crippen molar-refractivity contribution in [3.05, 3.63) is 0 Å². The van der Waals surface area contributed by atoms with Gasteiger partial charge in [0.15, 0.2) is 0 Å². The van der Waals surface area contributed by atoms with Gasteiger partial charge in [-0.05, 0) is 0 Å². The van der Waals surface area contributed by atoms with Crippen LogP contribution in [0.15, 0.2) is 0 Å². The fourth-order valence-electron chi connectivity index (χ4n) is 0. The standard InChI is InChI=1S/C5H10ClGe/c1-5(2,3)4(6)7/h4H,1-3H3. The molecule has 0 aromatic rings. The molecule has 7 heavy (non-hydrogen) atoms. The zero-order valence-corrected chi connectivity index (χ0v) is 7.81. The summed E-state index contributed by atoms with van der Waals surface area (Å²) < 4.78 is 0.271. The third-order valence-electron chi connectivity index (χ3n) is 0.760. The molecule has 0 heterocycles. The summed E-state index contributed by atoms with van der Waals surface area (Å²) in [4.78, 5) is 0. The Morgan fingerprint density at radius 2 is 1.57 bits per heavy atom. The van der Waals surface area contributed by atoms with E-state index in [0.717, 1.165) is 0 Å². The van der Waals surface area contributed by atoms with Gasteiger partial charge in [-0.1, -0.05) is 0 Å². The minimum absolute atomic E-state index is 0.265. The molecule has 0 aromatic heterocycles. The number of rotatable bonds is 0. The molecule has 0 N–H and O–H groups in total. The van der Waals surface area contributed by atoms with E-state index in [4.69, 9.17) is 11.6 Å². The fraction of sp³-hybridized carbons (Fsp3) is 1.00.